The van der Waals surface area contributed by atoms with E-state index in [-0.39, 0.29) is 4.90 Å². The maximum absolute atomic E-state index is 12.6. The van der Waals surface area contributed by atoms with E-state index in [4.69, 9.17) is 21.1 Å². The summed E-state index contributed by atoms with van der Waals surface area (Å²) in [6, 6.07) is 12.8. The number of carbonyl (C=O) groups excluding carboxylic acids is 2. The summed E-state index contributed by atoms with van der Waals surface area (Å²) in [4.78, 5) is 24.4. The Morgan fingerprint density at radius 3 is 2.44 bits per heavy atom. The molecule has 1 amide bonds. The highest BCUT2D eigenvalue weighted by Gasteiger charge is 2.26. The van der Waals surface area contributed by atoms with E-state index < -0.39 is 28.0 Å². The summed E-state index contributed by atoms with van der Waals surface area (Å²) in [5.74, 6) is -1.24. The molecule has 1 aliphatic rings. The van der Waals surface area contributed by atoms with Gasteiger partial charge in [-0.25, -0.2) is 13.2 Å². The number of nitrogens with zero attached hydrogens (tertiary/aromatic N) is 1. The number of carbonyl (C=O) groups is 2. The minimum atomic E-state index is -3.62. The minimum absolute atomic E-state index is 0.126. The van der Waals surface area contributed by atoms with Gasteiger partial charge in [0.05, 0.1) is 18.1 Å². The SMILES string of the molecule is CC(OC(=O)/C=C/c1ccccc1Cl)C(=O)Nc1ccc(S(=O)(=O)N2CCOCC2)cc1. The van der Waals surface area contributed by atoms with E-state index in [1.165, 1.54) is 47.6 Å². The quantitative estimate of drug-likeness (QED) is 0.485. The fraction of sp³-hybridized carbons (Fsp3) is 0.273. The zero-order valence-corrected chi connectivity index (χ0v) is 18.9. The van der Waals surface area contributed by atoms with Crippen LogP contribution in [0, 0.1) is 0 Å². The molecule has 1 atom stereocenters. The van der Waals surface area contributed by atoms with E-state index in [2.05, 4.69) is 5.32 Å². The highest BCUT2D eigenvalue weighted by Crippen LogP contribution is 2.20. The van der Waals surface area contributed by atoms with Crippen LogP contribution in [0.5, 0.6) is 0 Å². The first-order valence-corrected chi connectivity index (χ1v) is 11.7. The number of morpholine rings is 1. The van der Waals surface area contributed by atoms with Crippen LogP contribution in [0.2, 0.25) is 5.02 Å². The number of hydrogen-bond donors (Lipinski definition) is 1. The van der Waals surface area contributed by atoms with E-state index >= 15 is 0 Å². The summed E-state index contributed by atoms with van der Waals surface area (Å²) in [5, 5.41) is 3.09. The summed E-state index contributed by atoms with van der Waals surface area (Å²) < 4.78 is 37.0. The number of esters is 1. The molecular weight excluding hydrogens is 456 g/mol. The zero-order chi connectivity index (χ0) is 23.1. The average molecular weight is 479 g/mol. The lowest BCUT2D eigenvalue weighted by atomic mass is 10.2. The number of ether oxygens (including phenoxy) is 2. The Bertz CT molecular complexity index is 1100. The predicted molar refractivity (Wildman–Crippen MR) is 121 cm³/mol. The number of rotatable bonds is 7. The van der Waals surface area contributed by atoms with Crippen LogP contribution in [0.15, 0.2) is 59.5 Å². The van der Waals surface area contributed by atoms with Crippen molar-refractivity contribution in [2.45, 2.75) is 17.9 Å². The summed E-state index contributed by atoms with van der Waals surface area (Å²) in [6.07, 6.45) is 1.63. The van der Waals surface area contributed by atoms with Crippen LogP contribution in [0.25, 0.3) is 6.08 Å². The Kier molecular flexibility index (Phi) is 8.03. The van der Waals surface area contributed by atoms with E-state index in [9.17, 15) is 18.0 Å². The van der Waals surface area contributed by atoms with Crippen molar-refractivity contribution in [1.82, 2.24) is 4.31 Å². The number of sulfonamides is 1. The highest BCUT2D eigenvalue weighted by molar-refractivity contribution is 7.89. The predicted octanol–water partition coefficient (Wildman–Crippen LogP) is 2.94. The Balaban J connectivity index is 1.55. The molecule has 1 aliphatic heterocycles. The molecule has 2 aromatic rings. The molecule has 8 nitrogen and oxygen atoms in total. The third kappa shape index (κ3) is 6.17. The molecule has 3 rings (SSSR count). The fourth-order valence-corrected chi connectivity index (χ4v) is 4.53. The third-order valence-electron chi connectivity index (χ3n) is 4.70. The lowest BCUT2D eigenvalue weighted by molar-refractivity contribution is -0.148. The number of hydrogen-bond acceptors (Lipinski definition) is 6. The molecule has 32 heavy (non-hydrogen) atoms. The van der Waals surface area contributed by atoms with Crippen molar-refractivity contribution in [2.75, 3.05) is 31.6 Å². The number of amides is 1. The molecule has 1 fully saturated rings. The number of benzene rings is 2. The van der Waals surface area contributed by atoms with E-state index in [0.717, 1.165) is 0 Å². The molecule has 1 heterocycles. The second kappa shape index (κ2) is 10.7. The molecule has 1 saturated heterocycles. The van der Waals surface area contributed by atoms with E-state index in [1.54, 1.807) is 24.3 Å². The molecule has 0 aliphatic carbocycles. The smallest absolute Gasteiger partial charge is 0.331 e. The van der Waals surface area contributed by atoms with Gasteiger partial charge in [-0.3, -0.25) is 4.79 Å². The van der Waals surface area contributed by atoms with Crippen LogP contribution >= 0.6 is 11.6 Å². The van der Waals surface area contributed by atoms with Crippen molar-refractivity contribution < 1.29 is 27.5 Å². The summed E-state index contributed by atoms with van der Waals surface area (Å²) >= 11 is 6.02. The van der Waals surface area contributed by atoms with Crippen molar-refractivity contribution in [3.05, 3.63) is 65.2 Å². The normalized spacial score (nSPS) is 15.9. The molecular formula is C22H23ClN2O6S. The molecule has 0 spiro atoms. The first-order valence-electron chi connectivity index (χ1n) is 9.89. The first-order chi connectivity index (χ1) is 15.3. The van der Waals surface area contributed by atoms with E-state index in [1.807, 2.05) is 0 Å². The Morgan fingerprint density at radius 2 is 1.78 bits per heavy atom. The van der Waals surface area contributed by atoms with Crippen molar-refractivity contribution in [2.24, 2.45) is 0 Å². The van der Waals surface area contributed by atoms with Crippen LogP contribution in [-0.4, -0.2) is 57.0 Å². The van der Waals surface area contributed by atoms with Gasteiger partial charge in [-0.05, 0) is 48.9 Å². The van der Waals surface area contributed by atoms with Gasteiger partial charge < -0.3 is 14.8 Å². The molecule has 0 saturated carbocycles. The van der Waals surface area contributed by atoms with Crippen molar-refractivity contribution in [3.8, 4) is 0 Å². The van der Waals surface area contributed by atoms with Crippen LogP contribution in [0.4, 0.5) is 5.69 Å². The molecule has 1 unspecified atom stereocenters. The van der Waals surface area contributed by atoms with Gasteiger partial charge in [-0.15, -0.1) is 0 Å². The van der Waals surface area contributed by atoms with Gasteiger partial charge in [0.1, 0.15) is 0 Å². The van der Waals surface area contributed by atoms with Gasteiger partial charge in [0.15, 0.2) is 6.10 Å². The van der Waals surface area contributed by atoms with Crippen LogP contribution < -0.4 is 5.32 Å². The van der Waals surface area contributed by atoms with Gasteiger partial charge in [0.25, 0.3) is 5.91 Å². The van der Waals surface area contributed by atoms with Crippen LogP contribution in [-0.2, 0) is 29.1 Å². The van der Waals surface area contributed by atoms with Gasteiger partial charge in [-0.2, -0.15) is 4.31 Å². The summed E-state index contributed by atoms with van der Waals surface area (Å²) in [5.41, 5.74) is 1.03. The highest BCUT2D eigenvalue weighted by atomic mass is 35.5. The topological polar surface area (TPSA) is 102 Å². The van der Waals surface area contributed by atoms with Crippen molar-refractivity contribution in [1.29, 1.82) is 0 Å². The van der Waals surface area contributed by atoms with Gasteiger partial charge in [-0.1, -0.05) is 29.8 Å². The second-order valence-electron chi connectivity index (χ2n) is 6.96. The molecule has 1 N–H and O–H groups in total. The summed E-state index contributed by atoms with van der Waals surface area (Å²) in [6.45, 7) is 2.76. The number of anilines is 1. The lowest BCUT2D eigenvalue weighted by Crippen LogP contribution is -2.40. The fourth-order valence-electron chi connectivity index (χ4n) is 2.93. The first kappa shape index (κ1) is 23.9. The largest absolute Gasteiger partial charge is 0.449 e. The molecule has 0 bridgehead atoms. The Labute approximate surface area is 191 Å². The van der Waals surface area contributed by atoms with Crippen molar-refractivity contribution in [3.63, 3.8) is 0 Å². The second-order valence-corrected chi connectivity index (χ2v) is 9.31. The molecule has 0 radical (unpaired) electrons. The van der Waals surface area contributed by atoms with Gasteiger partial charge in [0, 0.05) is 29.9 Å². The minimum Gasteiger partial charge on any atom is -0.449 e. The van der Waals surface area contributed by atoms with Crippen LogP contribution in [0.1, 0.15) is 12.5 Å². The lowest BCUT2D eigenvalue weighted by Gasteiger charge is -2.26. The summed E-state index contributed by atoms with van der Waals surface area (Å²) in [7, 11) is -3.62. The third-order valence-corrected chi connectivity index (χ3v) is 6.95. The molecule has 2 aromatic carbocycles. The van der Waals surface area contributed by atoms with E-state index in [0.29, 0.717) is 42.6 Å². The van der Waals surface area contributed by atoms with Gasteiger partial charge in [0.2, 0.25) is 10.0 Å². The van der Waals surface area contributed by atoms with Crippen LogP contribution in [0.3, 0.4) is 0 Å². The monoisotopic (exact) mass is 478 g/mol. The number of halogens is 1. The maximum atomic E-state index is 12.6. The molecule has 170 valence electrons. The standard InChI is InChI=1S/C22H23ClN2O6S/c1-16(31-21(26)11-6-17-4-2-3-5-20(17)23)22(27)24-18-7-9-19(10-8-18)32(28,29)25-12-14-30-15-13-25/h2-11,16H,12-15H2,1H3,(H,24,27)/b11-6+. The van der Waals surface area contributed by atoms with Gasteiger partial charge >= 0.3 is 5.97 Å². The Morgan fingerprint density at radius 1 is 1.12 bits per heavy atom. The average Bonchev–Trinajstić information content (AvgIpc) is 2.79. The zero-order valence-electron chi connectivity index (χ0n) is 17.4. The van der Waals surface area contributed by atoms with Crippen molar-refractivity contribution >= 4 is 45.3 Å². The molecule has 0 aromatic heterocycles. The number of nitrogens with one attached hydrogen (secondary N) is 1. The maximum Gasteiger partial charge on any atom is 0.331 e. The Hall–Kier alpha value is -2.72. The molecule has 10 heteroatoms.